The van der Waals surface area contributed by atoms with Crippen LogP contribution in [0.5, 0.6) is 0 Å². The van der Waals surface area contributed by atoms with Crippen LogP contribution in [0.3, 0.4) is 0 Å². The number of sulfonamides is 1. The molecule has 152 valence electrons. The van der Waals surface area contributed by atoms with Gasteiger partial charge in [-0.15, -0.1) is 0 Å². The van der Waals surface area contributed by atoms with E-state index >= 15 is 0 Å². The topological polar surface area (TPSA) is 58.6 Å². The zero-order valence-electron chi connectivity index (χ0n) is 15.9. The molecule has 2 aliphatic heterocycles. The van der Waals surface area contributed by atoms with E-state index in [0.717, 1.165) is 22.7 Å². The number of halogens is 1. The first kappa shape index (κ1) is 19.1. The lowest BCUT2D eigenvalue weighted by atomic mass is 9.77. The van der Waals surface area contributed by atoms with Gasteiger partial charge in [-0.25, -0.2) is 8.42 Å². The fraction of sp³-hybridized carbons (Fsp3) is 0.364. The minimum absolute atomic E-state index is 0.129. The molecule has 0 bridgehead atoms. The summed E-state index contributed by atoms with van der Waals surface area (Å²) in [6.07, 6.45) is 5.49. The van der Waals surface area contributed by atoms with Gasteiger partial charge in [0, 0.05) is 29.7 Å². The molecule has 2 aromatic carbocycles. The van der Waals surface area contributed by atoms with Crippen molar-refractivity contribution in [3.8, 4) is 0 Å². The normalized spacial score (nSPS) is 26.6. The van der Waals surface area contributed by atoms with Gasteiger partial charge < -0.3 is 10.1 Å². The summed E-state index contributed by atoms with van der Waals surface area (Å²) >= 11 is 6.22. The van der Waals surface area contributed by atoms with E-state index in [4.69, 9.17) is 16.3 Å². The Morgan fingerprint density at radius 2 is 1.83 bits per heavy atom. The molecule has 0 radical (unpaired) electrons. The van der Waals surface area contributed by atoms with Crippen LogP contribution in [-0.4, -0.2) is 39.0 Å². The molecule has 7 heteroatoms. The number of hydrogen-bond acceptors (Lipinski definition) is 4. The van der Waals surface area contributed by atoms with Gasteiger partial charge in [0.05, 0.1) is 24.2 Å². The third kappa shape index (κ3) is 3.38. The maximum absolute atomic E-state index is 12.9. The number of nitrogens with zero attached hydrogens (tertiary/aromatic N) is 1. The van der Waals surface area contributed by atoms with E-state index in [0.29, 0.717) is 43.0 Å². The Morgan fingerprint density at radius 1 is 1.07 bits per heavy atom. The van der Waals surface area contributed by atoms with Crippen LogP contribution in [0.25, 0.3) is 0 Å². The van der Waals surface area contributed by atoms with Gasteiger partial charge in [-0.1, -0.05) is 35.9 Å². The quantitative estimate of drug-likeness (QED) is 0.742. The number of hydrogen-bond donors (Lipinski definition) is 1. The summed E-state index contributed by atoms with van der Waals surface area (Å²) < 4.78 is 32.5. The van der Waals surface area contributed by atoms with Crippen LogP contribution >= 0.6 is 11.6 Å². The Hall–Kier alpha value is -1.86. The molecule has 2 heterocycles. The number of morpholine rings is 1. The summed E-state index contributed by atoms with van der Waals surface area (Å²) in [5, 5.41) is 4.41. The second kappa shape index (κ2) is 7.43. The van der Waals surface area contributed by atoms with Crippen LogP contribution in [0.15, 0.2) is 59.5 Å². The van der Waals surface area contributed by atoms with Crippen LogP contribution in [0.1, 0.15) is 29.5 Å². The van der Waals surface area contributed by atoms with Gasteiger partial charge >= 0.3 is 0 Å². The molecule has 0 aromatic heterocycles. The first-order valence-corrected chi connectivity index (χ1v) is 11.8. The number of anilines is 1. The minimum Gasteiger partial charge on any atom is -0.379 e. The molecule has 0 saturated carbocycles. The summed E-state index contributed by atoms with van der Waals surface area (Å²) in [5.41, 5.74) is 3.43. The van der Waals surface area contributed by atoms with E-state index in [1.165, 1.54) is 9.87 Å². The molecule has 0 spiro atoms. The van der Waals surface area contributed by atoms with Crippen molar-refractivity contribution in [1.29, 1.82) is 0 Å². The molecule has 2 aromatic rings. The van der Waals surface area contributed by atoms with Crippen molar-refractivity contribution in [2.45, 2.75) is 23.3 Å². The van der Waals surface area contributed by atoms with E-state index in [9.17, 15) is 8.42 Å². The van der Waals surface area contributed by atoms with Crippen molar-refractivity contribution >= 4 is 27.3 Å². The summed E-state index contributed by atoms with van der Waals surface area (Å²) in [6, 6.07) is 13.5. The Labute approximate surface area is 176 Å². The second-order valence-corrected chi connectivity index (χ2v) is 10.2. The van der Waals surface area contributed by atoms with Gasteiger partial charge in [0.25, 0.3) is 0 Å². The van der Waals surface area contributed by atoms with Crippen molar-refractivity contribution in [1.82, 2.24) is 4.31 Å². The molecule has 1 saturated heterocycles. The van der Waals surface area contributed by atoms with Gasteiger partial charge in [0.15, 0.2) is 0 Å². The molecular formula is C22H23ClN2O3S. The number of nitrogens with one attached hydrogen (secondary N) is 1. The van der Waals surface area contributed by atoms with Crippen LogP contribution in [0.4, 0.5) is 5.69 Å². The monoisotopic (exact) mass is 430 g/mol. The van der Waals surface area contributed by atoms with E-state index in [1.807, 2.05) is 30.3 Å². The van der Waals surface area contributed by atoms with Crippen LogP contribution in [-0.2, 0) is 14.8 Å². The SMILES string of the molecule is O=S(=O)(c1ccc([C@H]2Nc3ccc(Cl)cc3[C@H]3C=CC[C@@H]32)cc1)N1CCOCC1. The smallest absolute Gasteiger partial charge is 0.243 e. The van der Waals surface area contributed by atoms with Crippen molar-refractivity contribution in [2.75, 3.05) is 31.6 Å². The third-order valence-corrected chi connectivity index (χ3v) is 8.32. The predicted molar refractivity (Wildman–Crippen MR) is 114 cm³/mol. The molecular weight excluding hydrogens is 408 g/mol. The van der Waals surface area contributed by atoms with Gasteiger partial charge in [-0.05, 0) is 53.8 Å². The largest absolute Gasteiger partial charge is 0.379 e. The molecule has 5 rings (SSSR count). The molecule has 0 amide bonds. The fourth-order valence-electron chi connectivity index (χ4n) is 4.68. The van der Waals surface area contributed by atoms with Crippen molar-refractivity contribution in [3.63, 3.8) is 0 Å². The zero-order valence-corrected chi connectivity index (χ0v) is 17.5. The molecule has 3 atom stereocenters. The van der Waals surface area contributed by atoms with E-state index < -0.39 is 10.0 Å². The maximum atomic E-state index is 12.9. The first-order chi connectivity index (χ1) is 14.0. The Balaban J connectivity index is 1.44. The summed E-state index contributed by atoms with van der Waals surface area (Å²) in [7, 11) is -3.47. The highest BCUT2D eigenvalue weighted by Gasteiger charge is 2.38. The standard InChI is InChI=1S/C22H23ClN2O3S/c23-16-6-9-21-20(14-16)18-2-1-3-19(18)22(24-21)15-4-7-17(8-5-15)29(26,27)25-10-12-28-13-11-25/h1-2,4-9,14,18-19,22,24H,3,10-13H2/t18-,19-,22+/m0/s1. The van der Waals surface area contributed by atoms with Crippen molar-refractivity contribution in [3.05, 3.63) is 70.8 Å². The molecule has 1 fully saturated rings. The molecule has 1 aliphatic carbocycles. The predicted octanol–water partition coefficient (Wildman–Crippen LogP) is 4.19. The molecule has 5 nitrogen and oxygen atoms in total. The Bertz CT molecular complexity index is 1050. The van der Waals surface area contributed by atoms with E-state index in [2.05, 4.69) is 17.5 Å². The Kier molecular flexibility index (Phi) is 4.90. The summed E-state index contributed by atoms with van der Waals surface area (Å²) in [6.45, 7) is 1.71. The molecule has 3 aliphatic rings. The highest BCUT2D eigenvalue weighted by molar-refractivity contribution is 7.89. The fourth-order valence-corrected chi connectivity index (χ4v) is 6.27. The van der Waals surface area contributed by atoms with Gasteiger partial charge in [0.2, 0.25) is 10.0 Å². The highest BCUT2D eigenvalue weighted by atomic mass is 35.5. The molecule has 0 unspecified atom stereocenters. The lowest BCUT2D eigenvalue weighted by Crippen LogP contribution is -2.40. The number of allylic oxidation sites excluding steroid dienone is 2. The zero-order chi connectivity index (χ0) is 20.0. The van der Waals surface area contributed by atoms with E-state index in [1.54, 1.807) is 12.1 Å². The van der Waals surface area contributed by atoms with Crippen LogP contribution in [0, 0.1) is 5.92 Å². The number of rotatable bonds is 3. The van der Waals surface area contributed by atoms with Crippen molar-refractivity contribution in [2.24, 2.45) is 5.92 Å². The van der Waals surface area contributed by atoms with Gasteiger partial charge in [0.1, 0.15) is 0 Å². The average molecular weight is 431 g/mol. The summed E-state index contributed by atoms with van der Waals surface area (Å²) in [5.74, 6) is 0.717. The lowest BCUT2D eigenvalue weighted by Gasteiger charge is -2.37. The Morgan fingerprint density at radius 3 is 2.59 bits per heavy atom. The molecule has 1 N–H and O–H groups in total. The molecule has 29 heavy (non-hydrogen) atoms. The van der Waals surface area contributed by atoms with E-state index in [-0.39, 0.29) is 6.04 Å². The maximum Gasteiger partial charge on any atom is 0.243 e. The highest BCUT2D eigenvalue weighted by Crippen LogP contribution is 2.50. The number of benzene rings is 2. The van der Waals surface area contributed by atoms with Crippen molar-refractivity contribution < 1.29 is 13.2 Å². The minimum atomic E-state index is -3.47. The second-order valence-electron chi connectivity index (χ2n) is 7.79. The number of ether oxygens (including phenoxy) is 1. The van der Waals surface area contributed by atoms with Gasteiger partial charge in [-0.3, -0.25) is 0 Å². The van der Waals surface area contributed by atoms with Crippen LogP contribution in [0.2, 0.25) is 5.02 Å². The first-order valence-electron chi connectivity index (χ1n) is 9.94. The number of fused-ring (bicyclic) bond motifs is 3. The lowest BCUT2D eigenvalue weighted by molar-refractivity contribution is 0.0730. The summed E-state index contributed by atoms with van der Waals surface area (Å²) in [4.78, 5) is 0.340. The average Bonchev–Trinajstić information content (AvgIpc) is 3.24. The van der Waals surface area contributed by atoms with Crippen LogP contribution < -0.4 is 5.32 Å². The third-order valence-electron chi connectivity index (χ3n) is 6.17. The van der Waals surface area contributed by atoms with Gasteiger partial charge in [-0.2, -0.15) is 4.31 Å².